The molecule has 0 unspecified atom stereocenters. The number of benzene rings is 1. The molecule has 0 aliphatic rings. The average molecular weight is 404 g/mol. The Morgan fingerprint density at radius 3 is 2.58 bits per heavy atom. The van der Waals surface area contributed by atoms with E-state index in [0.29, 0.717) is 11.5 Å². The molecule has 1 heterocycles. The molecule has 0 radical (unpaired) electrons. The summed E-state index contributed by atoms with van der Waals surface area (Å²) in [7, 11) is 1.56. The average Bonchev–Trinajstić information content (AvgIpc) is 2.60. The highest BCUT2D eigenvalue weighted by molar-refractivity contribution is 6.37. The number of rotatable bonds is 7. The van der Waals surface area contributed by atoms with Gasteiger partial charge >= 0.3 is 5.97 Å². The number of nitrogens with zero attached hydrogens (tertiary/aromatic N) is 1. The second-order valence-electron chi connectivity index (χ2n) is 5.51. The molecule has 9 heteroatoms. The Labute approximate surface area is 159 Å². The van der Waals surface area contributed by atoms with Crippen LogP contribution in [0.4, 0.5) is 4.39 Å². The van der Waals surface area contributed by atoms with E-state index in [-0.39, 0.29) is 16.7 Å². The number of carboxylic acids is 1. The lowest BCUT2D eigenvalue weighted by Crippen LogP contribution is -2.11. The van der Waals surface area contributed by atoms with Crippen LogP contribution in [-0.2, 0) is 4.79 Å². The standard InChI is InChI=1S/C17H16Cl2FNO5/c1-8(2)10-6-9(4-5-11(10)24-3)26-15-13(18)16(20)21-17(14(15)19)25-7-12(22)23/h4-6,8H,7H2,1-3H3,(H,22,23). The summed E-state index contributed by atoms with van der Waals surface area (Å²) in [6, 6.07) is 5.02. The molecule has 1 aromatic heterocycles. The van der Waals surface area contributed by atoms with Crippen LogP contribution in [0, 0.1) is 5.95 Å². The maximum Gasteiger partial charge on any atom is 0.341 e. The molecule has 0 aliphatic carbocycles. The summed E-state index contributed by atoms with van der Waals surface area (Å²) in [6.07, 6.45) is 0. The topological polar surface area (TPSA) is 77.9 Å². The molecule has 0 saturated heterocycles. The van der Waals surface area contributed by atoms with Crippen LogP contribution in [-0.4, -0.2) is 29.8 Å². The zero-order valence-electron chi connectivity index (χ0n) is 14.2. The van der Waals surface area contributed by atoms with Gasteiger partial charge in [0.15, 0.2) is 12.4 Å². The molecule has 2 aromatic rings. The first kappa shape index (κ1) is 20.1. The van der Waals surface area contributed by atoms with E-state index >= 15 is 0 Å². The number of carbonyl (C=O) groups is 1. The minimum atomic E-state index is -1.27. The van der Waals surface area contributed by atoms with Crippen molar-refractivity contribution in [1.82, 2.24) is 4.98 Å². The maximum atomic E-state index is 13.9. The second-order valence-corrected chi connectivity index (χ2v) is 6.26. The highest BCUT2D eigenvalue weighted by atomic mass is 35.5. The van der Waals surface area contributed by atoms with Crippen LogP contribution in [0.25, 0.3) is 0 Å². The monoisotopic (exact) mass is 403 g/mol. The number of aromatic nitrogens is 1. The number of carboxylic acid groups (broad SMARTS) is 1. The van der Waals surface area contributed by atoms with Gasteiger partial charge in [-0.05, 0) is 24.1 Å². The van der Waals surface area contributed by atoms with Gasteiger partial charge in [0, 0.05) is 5.56 Å². The fourth-order valence-corrected chi connectivity index (χ4v) is 2.59. The van der Waals surface area contributed by atoms with Crippen LogP contribution in [0.3, 0.4) is 0 Å². The number of pyridine rings is 1. The summed E-state index contributed by atoms with van der Waals surface area (Å²) >= 11 is 12.0. The van der Waals surface area contributed by atoms with Gasteiger partial charge in [0.05, 0.1) is 7.11 Å². The highest BCUT2D eigenvalue weighted by Gasteiger charge is 2.22. The summed E-state index contributed by atoms with van der Waals surface area (Å²) in [6.45, 7) is 3.21. The van der Waals surface area contributed by atoms with E-state index in [1.165, 1.54) is 0 Å². The molecule has 0 atom stereocenters. The number of aliphatic carboxylic acids is 1. The van der Waals surface area contributed by atoms with Crippen molar-refractivity contribution in [3.05, 3.63) is 39.8 Å². The summed E-state index contributed by atoms with van der Waals surface area (Å²) < 4.78 is 29.7. The van der Waals surface area contributed by atoms with Gasteiger partial charge in [0.1, 0.15) is 21.5 Å². The number of methoxy groups -OCH3 is 1. The minimum absolute atomic E-state index is 0.142. The first-order valence-electron chi connectivity index (χ1n) is 7.49. The molecular weight excluding hydrogens is 388 g/mol. The Morgan fingerprint density at radius 1 is 1.31 bits per heavy atom. The molecule has 0 saturated carbocycles. The molecule has 0 spiro atoms. The molecule has 140 valence electrons. The van der Waals surface area contributed by atoms with Crippen molar-refractivity contribution in [3.63, 3.8) is 0 Å². The SMILES string of the molecule is COc1ccc(Oc2c(Cl)c(F)nc(OCC(=O)O)c2Cl)cc1C(C)C. The fourth-order valence-electron chi connectivity index (χ4n) is 2.13. The van der Waals surface area contributed by atoms with E-state index in [4.69, 9.17) is 42.5 Å². The molecule has 0 aliphatic heterocycles. The van der Waals surface area contributed by atoms with E-state index < -0.39 is 29.4 Å². The van der Waals surface area contributed by atoms with Crippen LogP contribution in [0.2, 0.25) is 10.0 Å². The van der Waals surface area contributed by atoms with E-state index in [1.54, 1.807) is 25.3 Å². The van der Waals surface area contributed by atoms with Crippen molar-refractivity contribution < 1.29 is 28.5 Å². The molecular formula is C17H16Cl2FNO5. The Balaban J connectivity index is 2.42. The van der Waals surface area contributed by atoms with Crippen molar-refractivity contribution in [1.29, 1.82) is 0 Å². The largest absolute Gasteiger partial charge is 0.496 e. The van der Waals surface area contributed by atoms with E-state index in [2.05, 4.69) is 4.98 Å². The molecule has 1 aromatic carbocycles. The minimum Gasteiger partial charge on any atom is -0.496 e. The van der Waals surface area contributed by atoms with Crippen molar-refractivity contribution in [2.45, 2.75) is 19.8 Å². The van der Waals surface area contributed by atoms with Crippen LogP contribution >= 0.6 is 23.2 Å². The lowest BCUT2D eigenvalue weighted by molar-refractivity contribution is -0.139. The number of hydrogen-bond acceptors (Lipinski definition) is 5. The normalized spacial score (nSPS) is 10.7. The highest BCUT2D eigenvalue weighted by Crippen LogP contribution is 2.43. The summed E-state index contributed by atoms with van der Waals surface area (Å²) in [5.74, 6) is -1.85. The quantitative estimate of drug-likeness (QED) is 0.661. The van der Waals surface area contributed by atoms with Gasteiger partial charge in [-0.1, -0.05) is 37.0 Å². The van der Waals surface area contributed by atoms with Gasteiger partial charge in [-0.25, -0.2) is 4.79 Å². The molecule has 0 fully saturated rings. The Kier molecular flexibility index (Phi) is 6.50. The maximum absolute atomic E-state index is 13.9. The van der Waals surface area contributed by atoms with E-state index in [1.807, 2.05) is 13.8 Å². The predicted molar refractivity (Wildman–Crippen MR) is 94.5 cm³/mol. The fraction of sp³-hybridized carbons (Fsp3) is 0.294. The number of hydrogen-bond donors (Lipinski definition) is 1. The van der Waals surface area contributed by atoms with Crippen molar-refractivity contribution >= 4 is 29.2 Å². The second kappa shape index (κ2) is 8.42. The van der Waals surface area contributed by atoms with Gasteiger partial charge in [0.25, 0.3) is 0 Å². The number of halogens is 3. The third kappa shape index (κ3) is 4.47. The zero-order chi connectivity index (χ0) is 19.4. The van der Waals surface area contributed by atoms with E-state index in [9.17, 15) is 9.18 Å². The Hall–Kier alpha value is -2.25. The molecule has 26 heavy (non-hydrogen) atoms. The first-order chi connectivity index (χ1) is 12.2. The van der Waals surface area contributed by atoms with Crippen molar-refractivity contribution in [2.75, 3.05) is 13.7 Å². The van der Waals surface area contributed by atoms with Gasteiger partial charge in [-0.3, -0.25) is 0 Å². The predicted octanol–water partition coefficient (Wildman–Crippen LogP) is 4.92. The van der Waals surface area contributed by atoms with Crippen LogP contribution in [0.15, 0.2) is 18.2 Å². The molecule has 0 bridgehead atoms. The third-order valence-corrected chi connectivity index (χ3v) is 4.00. The Bertz CT molecular complexity index is 829. The summed E-state index contributed by atoms with van der Waals surface area (Å²) in [5.41, 5.74) is 0.870. The van der Waals surface area contributed by atoms with Gasteiger partial charge in [-0.2, -0.15) is 9.37 Å². The van der Waals surface area contributed by atoms with Gasteiger partial charge in [0.2, 0.25) is 11.8 Å². The van der Waals surface area contributed by atoms with Crippen LogP contribution < -0.4 is 14.2 Å². The summed E-state index contributed by atoms with van der Waals surface area (Å²) in [4.78, 5) is 14.0. The van der Waals surface area contributed by atoms with Gasteiger partial charge in [-0.15, -0.1) is 0 Å². The number of ether oxygens (including phenoxy) is 3. The smallest absolute Gasteiger partial charge is 0.341 e. The zero-order valence-corrected chi connectivity index (χ0v) is 15.7. The molecule has 2 rings (SSSR count). The Morgan fingerprint density at radius 2 is 2.00 bits per heavy atom. The molecule has 1 N–H and O–H groups in total. The lowest BCUT2D eigenvalue weighted by Gasteiger charge is -2.16. The molecule has 6 nitrogen and oxygen atoms in total. The van der Waals surface area contributed by atoms with Crippen molar-refractivity contribution in [2.24, 2.45) is 0 Å². The third-order valence-electron chi connectivity index (χ3n) is 3.34. The van der Waals surface area contributed by atoms with Crippen molar-refractivity contribution in [3.8, 4) is 23.1 Å². The lowest BCUT2D eigenvalue weighted by atomic mass is 10.0. The molecule has 0 amide bonds. The summed E-state index contributed by atoms with van der Waals surface area (Å²) in [5, 5.41) is 7.99. The van der Waals surface area contributed by atoms with Gasteiger partial charge < -0.3 is 19.3 Å². The van der Waals surface area contributed by atoms with E-state index in [0.717, 1.165) is 5.56 Å². The first-order valence-corrected chi connectivity index (χ1v) is 8.25. The van der Waals surface area contributed by atoms with Crippen LogP contribution in [0.1, 0.15) is 25.3 Å². The van der Waals surface area contributed by atoms with Crippen LogP contribution in [0.5, 0.6) is 23.1 Å².